The maximum Gasteiger partial charge on any atom is 0.338 e. The van der Waals surface area contributed by atoms with Crippen LogP contribution in [0.15, 0.2) is 6.07 Å². The molecule has 0 heterocycles. The average Bonchev–Trinajstić information content (AvgIpc) is 2.36. The summed E-state index contributed by atoms with van der Waals surface area (Å²) >= 11 is 0. The van der Waals surface area contributed by atoms with Gasteiger partial charge >= 0.3 is 5.97 Å². The van der Waals surface area contributed by atoms with Crippen molar-refractivity contribution in [3.05, 3.63) is 22.8 Å². The fourth-order valence-corrected chi connectivity index (χ4v) is 2.18. The fraction of sp³-hybridized carbons (Fsp3) is 0.400. The number of methoxy groups -OCH3 is 2. The van der Waals surface area contributed by atoms with Gasteiger partial charge in [-0.1, -0.05) is 25.6 Å². The lowest BCUT2D eigenvalue weighted by Crippen LogP contribution is -2.16. The summed E-state index contributed by atoms with van der Waals surface area (Å²) in [5, 5.41) is 0. The summed E-state index contributed by atoms with van der Waals surface area (Å²) in [5.74, 6) is 3.14. The van der Waals surface area contributed by atoms with Gasteiger partial charge in [0.25, 0.3) is 0 Å². The molecule has 108 valence electrons. The van der Waals surface area contributed by atoms with E-state index in [9.17, 15) is 4.79 Å². The van der Waals surface area contributed by atoms with E-state index in [0.717, 1.165) is 5.56 Å². The van der Waals surface area contributed by atoms with Crippen molar-refractivity contribution in [1.82, 2.24) is 0 Å². The highest BCUT2D eigenvalue weighted by Crippen LogP contribution is 2.31. The summed E-state index contributed by atoms with van der Waals surface area (Å²) in [6, 6.07) is 1.59. The Morgan fingerprint density at radius 2 is 1.90 bits per heavy atom. The van der Waals surface area contributed by atoms with Crippen LogP contribution in [0.2, 0.25) is 19.6 Å². The Morgan fingerprint density at radius 1 is 1.30 bits per heavy atom. The molecule has 20 heavy (non-hydrogen) atoms. The Morgan fingerprint density at radius 3 is 2.35 bits per heavy atom. The molecule has 0 amide bonds. The van der Waals surface area contributed by atoms with Gasteiger partial charge in [-0.05, 0) is 18.6 Å². The smallest absolute Gasteiger partial charge is 0.338 e. The topological polar surface area (TPSA) is 61.5 Å². The molecule has 0 aliphatic rings. The largest absolute Gasteiger partial charge is 0.495 e. The van der Waals surface area contributed by atoms with Crippen LogP contribution in [0.1, 0.15) is 21.5 Å². The molecule has 0 spiro atoms. The van der Waals surface area contributed by atoms with Crippen molar-refractivity contribution >= 4 is 19.7 Å². The van der Waals surface area contributed by atoms with Gasteiger partial charge in [0.1, 0.15) is 13.8 Å². The number of nitrogen functional groups attached to an aromatic ring is 1. The third-order valence-corrected chi connectivity index (χ3v) is 3.65. The second-order valence-electron chi connectivity index (χ2n) is 5.53. The van der Waals surface area contributed by atoms with Gasteiger partial charge in [-0.15, -0.1) is 5.54 Å². The average molecular weight is 291 g/mol. The van der Waals surface area contributed by atoms with Crippen molar-refractivity contribution in [3.63, 3.8) is 0 Å². The van der Waals surface area contributed by atoms with E-state index < -0.39 is 14.0 Å². The van der Waals surface area contributed by atoms with Crippen LogP contribution < -0.4 is 10.5 Å². The van der Waals surface area contributed by atoms with Crippen LogP contribution in [0.4, 0.5) is 5.69 Å². The van der Waals surface area contributed by atoms with Crippen molar-refractivity contribution in [3.8, 4) is 17.2 Å². The predicted molar refractivity (Wildman–Crippen MR) is 83.7 cm³/mol. The third-order valence-electron chi connectivity index (χ3n) is 2.78. The molecule has 0 atom stereocenters. The Labute approximate surface area is 121 Å². The van der Waals surface area contributed by atoms with Crippen molar-refractivity contribution in [2.24, 2.45) is 0 Å². The number of anilines is 1. The number of carbonyl (C=O) groups is 1. The van der Waals surface area contributed by atoms with E-state index >= 15 is 0 Å². The Bertz CT molecular complexity index is 592. The number of rotatable bonds is 2. The van der Waals surface area contributed by atoms with Gasteiger partial charge in [0.15, 0.2) is 0 Å². The normalized spacial score (nSPS) is 10.5. The summed E-state index contributed by atoms with van der Waals surface area (Å²) in [6.45, 7) is 8.25. The first-order valence-electron chi connectivity index (χ1n) is 6.29. The number of hydrogen-bond donors (Lipinski definition) is 1. The van der Waals surface area contributed by atoms with E-state index in [4.69, 9.17) is 15.2 Å². The van der Waals surface area contributed by atoms with Crippen LogP contribution in [0.25, 0.3) is 0 Å². The molecule has 1 aromatic rings. The number of ether oxygens (including phenoxy) is 2. The van der Waals surface area contributed by atoms with Crippen molar-refractivity contribution in [2.75, 3.05) is 20.0 Å². The van der Waals surface area contributed by atoms with Gasteiger partial charge in [0.05, 0.1) is 31.0 Å². The number of carbonyl (C=O) groups excluding carboxylic acids is 1. The van der Waals surface area contributed by atoms with Crippen molar-refractivity contribution in [2.45, 2.75) is 26.6 Å². The van der Waals surface area contributed by atoms with Crippen molar-refractivity contribution in [1.29, 1.82) is 0 Å². The number of hydrogen-bond acceptors (Lipinski definition) is 4. The van der Waals surface area contributed by atoms with E-state index in [1.165, 1.54) is 14.2 Å². The van der Waals surface area contributed by atoms with E-state index in [1.807, 2.05) is 6.92 Å². The maximum absolute atomic E-state index is 11.8. The first-order valence-corrected chi connectivity index (χ1v) is 9.79. The number of nitrogens with two attached hydrogens (primary N) is 1. The molecule has 0 fully saturated rings. The van der Waals surface area contributed by atoms with Gasteiger partial charge in [0, 0.05) is 0 Å². The molecule has 0 saturated heterocycles. The van der Waals surface area contributed by atoms with Gasteiger partial charge < -0.3 is 15.2 Å². The molecule has 1 aromatic carbocycles. The molecule has 0 unspecified atom stereocenters. The Hall–Kier alpha value is -1.93. The Kier molecular flexibility index (Phi) is 4.85. The zero-order chi connectivity index (χ0) is 15.5. The standard InChI is InChI=1S/C15H21NO3Si/c1-10-11(7-8-20(4,5)6)14(16)13(18-2)9-12(10)15(17)19-3/h9H,16H2,1-6H3. The molecular formula is C15H21NO3Si. The Balaban J connectivity index is 3.56. The van der Waals surface area contributed by atoms with Crippen LogP contribution >= 0.6 is 0 Å². The molecule has 0 aromatic heterocycles. The summed E-state index contributed by atoms with van der Waals surface area (Å²) in [5.41, 5.74) is 11.6. The molecule has 0 radical (unpaired) electrons. The van der Waals surface area contributed by atoms with Crippen LogP contribution in [0.3, 0.4) is 0 Å². The van der Waals surface area contributed by atoms with Crippen molar-refractivity contribution < 1.29 is 14.3 Å². The molecule has 0 saturated carbocycles. The summed E-state index contributed by atoms with van der Waals surface area (Å²) < 4.78 is 10.0. The monoisotopic (exact) mass is 291 g/mol. The highest BCUT2D eigenvalue weighted by Gasteiger charge is 2.18. The molecule has 1 rings (SSSR count). The molecule has 5 heteroatoms. The lowest BCUT2D eigenvalue weighted by atomic mass is 10.00. The van der Waals surface area contributed by atoms with Gasteiger partial charge in [-0.3, -0.25) is 0 Å². The van der Waals surface area contributed by atoms with E-state index in [1.54, 1.807) is 6.07 Å². The summed E-state index contributed by atoms with van der Waals surface area (Å²) in [7, 11) is 1.32. The predicted octanol–water partition coefficient (Wildman–Crippen LogP) is 2.60. The lowest BCUT2D eigenvalue weighted by molar-refractivity contribution is 0.0599. The zero-order valence-corrected chi connectivity index (χ0v) is 13.9. The van der Waals surface area contributed by atoms with Crippen LogP contribution in [-0.4, -0.2) is 28.3 Å². The van der Waals surface area contributed by atoms with Gasteiger partial charge in [-0.2, -0.15) is 0 Å². The number of benzene rings is 1. The molecular weight excluding hydrogens is 270 g/mol. The van der Waals surface area contributed by atoms with E-state index in [-0.39, 0.29) is 0 Å². The second-order valence-corrected chi connectivity index (χ2v) is 10.3. The first-order chi connectivity index (χ1) is 9.21. The summed E-state index contributed by atoms with van der Waals surface area (Å²) in [6.07, 6.45) is 0. The SMILES string of the molecule is COC(=O)c1cc(OC)c(N)c(C#C[Si](C)(C)C)c1C. The molecule has 0 bridgehead atoms. The third kappa shape index (κ3) is 3.55. The van der Waals surface area contributed by atoms with Gasteiger partial charge in [-0.25, -0.2) is 4.79 Å². The van der Waals surface area contributed by atoms with E-state index in [0.29, 0.717) is 22.6 Å². The molecule has 0 aliphatic carbocycles. The maximum atomic E-state index is 11.8. The quantitative estimate of drug-likeness (QED) is 0.394. The molecule has 2 N–H and O–H groups in total. The molecule has 0 aliphatic heterocycles. The lowest BCUT2D eigenvalue weighted by Gasteiger charge is -2.13. The van der Waals surface area contributed by atoms with E-state index in [2.05, 4.69) is 31.1 Å². The summed E-state index contributed by atoms with van der Waals surface area (Å²) in [4.78, 5) is 11.8. The highest BCUT2D eigenvalue weighted by molar-refractivity contribution is 6.83. The first kappa shape index (κ1) is 16.1. The van der Waals surface area contributed by atoms with Crippen LogP contribution in [0, 0.1) is 18.4 Å². The van der Waals surface area contributed by atoms with Crippen LogP contribution in [-0.2, 0) is 4.74 Å². The highest BCUT2D eigenvalue weighted by atomic mass is 28.3. The minimum absolute atomic E-state index is 0.420. The minimum Gasteiger partial charge on any atom is -0.495 e. The zero-order valence-electron chi connectivity index (χ0n) is 12.9. The van der Waals surface area contributed by atoms with Crippen LogP contribution in [0.5, 0.6) is 5.75 Å². The second kappa shape index (κ2) is 6.01. The molecule has 4 nitrogen and oxygen atoms in total. The fourth-order valence-electron chi connectivity index (χ4n) is 1.68. The minimum atomic E-state index is -1.54. The van der Waals surface area contributed by atoms with Gasteiger partial charge in [0.2, 0.25) is 0 Å². The number of esters is 1.